The summed E-state index contributed by atoms with van der Waals surface area (Å²) in [6, 6.07) is 10.3. The van der Waals surface area contributed by atoms with E-state index in [1.807, 2.05) is 0 Å². The average Bonchev–Trinajstić information content (AvgIpc) is 2.78. The summed E-state index contributed by atoms with van der Waals surface area (Å²) >= 11 is 0. The number of nitrogens with one attached hydrogen (secondary N) is 2. The number of hydrogen-bond donors (Lipinski definition) is 2. The summed E-state index contributed by atoms with van der Waals surface area (Å²) in [4.78, 5) is 23.7. The molecule has 2 aromatic carbocycles. The predicted octanol–water partition coefficient (Wildman–Crippen LogP) is 1.71. The highest BCUT2D eigenvalue weighted by Gasteiger charge is 2.08. The second kappa shape index (κ2) is 11.8. The van der Waals surface area contributed by atoms with Crippen LogP contribution < -0.4 is 29.8 Å². The molecule has 0 bridgehead atoms. The van der Waals surface area contributed by atoms with Crippen molar-refractivity contribution < 1.29 is 28.5 Å². The first-order valence-corrected chi connectivity index (χ1v) is 9.08. The van der Waals surface area contributed by atoms with E-state index in [-0.39, 0.29) is 0 Å². The Kier molecular flexibility index (Phi) is 8.84. The standard InChI is InChI=1S/C21H24N4O6/c1-28-16-7-5-14(9-18(16)30-3)12-22-24-20(26)11-21(27)25-23-13-15-6-8-17(29-2)19(10-15)31-4/h5-10,12-13H,11H2,1-4H3,(H,24,26)(H,25,27)/b22-12-,23-13-. The van der Waals surface area contributed by atoms with Crippen molar-refractivity contribution in [1.82, 2.24) is 10.9 Å². The van der Waals surface area contributed by atoms with Crippen LogP contribution >= 0.6 is 0 Å². The summed E-state index contributed by atoms with van der Waals surface area (Å²) in [5.74, 6) is 1.04. The molecule has 164 valence electrons. The molecule has 0 atom stereocenters. The van der Waals surface area contributed by atoms with Crippen LogP contribution in [0.5, 0.6) is 23.0 Å². The van der Waals surface area contributed by atoms with Gasteiger partial charge in [-0.3, -0.25) is 9.59 Å². The van der Waals surface area contributed by atoms with Crippen LogP contribution in [0, 0.1) is 0 Å². The highest BCUT2D eigenvalue weighted by Crippen LogP contribution is 2.27. The minimum atomic E-state index is -0.587. The van der Waals surface area contributed by atoms with Gasteiger partial charge in [0.25, 0.3) is 0 Å². The predicted molar refractivity (Wildman–Crippen MR) is 115 cm³/mol. The van der Waals surface area contributed by atoms with E-state index in [2.05, 4.69) is 21.1 Å². The van der Waals surface area contributed by atoms with Crippen LogP contribution in [0.1, 0.15) is 17.5 Å². The van der Waals surface area contributed by atoms with Gasteiger partial charge in [0.15, 0.2) is 23.0 Å². The molecule has 10 heteroatoms. The molecule has 0 aliphatic heterocycles. The Bertz CT molecular complexity index is 897. The molecule has 0 fully saturated rings. The number of carbonyl (C=O) groups excluding carboxylic acids is 2. The van der Waals surface area contributed by atoms with Crippen molar-refractivity contribution in [3.63, 3.8) is 0 Å². The minimum Gasteiger partial charge on any atom is -0.493 e. The van der Waals surface area contributed by atoms with Gasteiger partial charge in [-0.05, 0) is 47.5 Å². The van der Waals surface area contributed by atoms with Gasteiger partial charge in [-0.25, -0.2) is 10.9 Å². The molecule has 2 rings (SSSR count). The number of benzene rings is 2. The zero-order chi connectivity index (χ0) is 22.6. The summed E-state index contributed by atoms with van der Waals surface area (Å²) in [5, 5.41) is 7.65. The van der Waals surface area contributed by atoms with Crippen molar-refractivity contribution in [2.24, 2.45) is 10.2 Å². The van der Waals surface area contributed by atoms with Crippen molar-refractivity contribution in [1.29, 1.82) is 0 Å². The molecule has 0 saturated carbocycles. The second-order valence-electron chi connectivity index (χ2n) is 5.99. The second-order valence-corrected chi connectivity index (χ2v) is 5.99. The van der Waals surface area contributed by atoms with E-state index >= 15 is 0 Å². The van der Waals surface area contributed by atoms with Crippen molar-refractivity contribution in [2.75, 3.05) is 28.4 Å². The van der Waals surface area contributed by atoms with E-state index in [4.69, 9.17) is 18.9 Å². The van der Waals surface area contributed by atoms with Crippen LogP contribution in [0.4, 0.5) is 0 Å². The monoisotopic (exact) mass is 428 g/mol. The van der Waals surface area contributed by atoms with Gasteiger partial charge < -0.3 is 18.9 Å². The van der Waals surface area contributed by atoms with E-state index in [1.54, 1.807) is 36.4 Å². The summed E-state index contributed by atoms with van der Waals surface area (Å²) in [6.45, 7) is 0. The lowest BCUT2D eigenvalue weighted by Crippen LogP contribution is -2.27. The molecule has 0 heterocycles. The molecular weight excluding hydrogens is 404 g/mol. The Labute approximate surface area is 179 Å². The van der Waals surface area contributed by atoms with Gasteiger partial charge in [-0.1, -0.05) is 0 Å². The first-order chi connectivity index (χ1) is 15.0. The van der Waals surface area contributed by atoms with Crippen molar-refractivity contribution in [2.45, 2.75) is 6.42 Å². The molecule has 2 aromatic rings. The van der Waals surface area contributed by atoms with E-state index in [9.17, 15) is 9.59 Å². The number of amides is 2. The third kappa shape index (κ3) is 7.03. The van der Waals surface area contributed by atoms with Crippen molar-refractivity contribution >= 4 is 24.2 Å². The minimum absolute atomic E-state index is 0.438. The van der Waals surface area contributed by atoms with E-state index < -0.39 is 18.2 Å². The largest absolute Gasteiger partial charge is 0.493 e. The molecular formula is C21H24N4O6. The Balaban J connectivity index is 1.83. The molecule has 0 saturated heterocycles. The zero-order valence-electron chi connectivity index (χ0n) is 17.7. The van der Waals surface area contributed by atoms with Crippen LogP contribution in [0.2, 0.25) is 0 Å². The Hall–Kier alpha value is -4.08. The molecule has 0 aliphatic carbocycles. The average molecular weight is 428 g/mol. The zero-order valence-corrected chi connectivity index (χ0v) is 17.7. The smallest absolute Gasteiger partial charge is 0.249 e. The first kappa shape index (κ1) is 23.2. The van der Waals surface area contributed by atoms with Crippen LogP contribution in [0.3, 0.4) is 0 Å². The summed E-state index contributed by atoms with van der Waals surface area (Å²) < 4.78 is 20.7. The van der Waals surface area contributed by atoms with Crippen LogP contribution in [-0.4, -0.2) is 52.7 Å². The molecule has 2 N–H and O–H groups in total. The summed E-state index contributed by atoms with van der Waals surface area (Å²) in [5.41, 5.74) is 5.92. The lowest BCUT2D eigenvalue weighted by atomic mass is 10.2. The molecule has 10 nitrogen and oxygen atoms in total. The van der Waals surface area contributed by atoms with Gasteiger partial charge in [0.05, 0.1) is 40.9 Å². The van der Waals surface area contributed by atoms with Gasteiger partial charge in [-0.15, -0.1) is 0 Å². The molecule has 0 radical (unpaired) electrons. The summed E-state index contributed by atoms with van der Waals surface area (Å²) in [6.07, 6.45) is 2.41. The maximum atomic E-state index is 11.8. The molecule has 0 aromatic heterocycles. The normalized spacial score (nSPS) is 10.7. The molecule has 0 aliphatic rings. The fourth-order valence-corrected chi connectivity index (χ4v) is 2.45. The van der Waals surface area contributed by atoms with Gasteiger partial charge in [0.1, 0.15) is 6.42 Å². The highest BCUT2D eigenvalue weighted by atomic mass is 16.5. The third-order valence-electron chi connectivity index (χ3n) is 3.94. The molecule has 0 spiro atoms. The number of hydrogen-bond acceptors (Lipinski definition) is 8. The summed E-state index contributed by atoms with van der Waals surface area (Å²) in [7, 11) is 6.11. The van der Waals surface area contributed by atoms with Crippen LogP contribution in [-0.2, 0) is 9.59 Å². The fourth-order valence-electron chi connectivity index (χ4n) is 2.45. The maximum absolute atomic E-state index is 11.8. The van der Waals surface area contributed by atoms with Gasteiger partial charge in [0, 0.05) is 0 Å². The highest BCUT2D eigenvalue weighted by molar-refractivity contribution is 5.97. The first-order valence-electron chi connectivity index (χ1n) is 9.08. The maximum Gasteiger partial charge on any atom is 0.249 e. The number of rotatable bonds is 10. The topological polar surface area (TPSA) is 120 Å². The Morgan fingerprint density at radius 2 is 1.10 bits per heavy atom. The van der Waals surface area contributed by atoms with Gasteiger partial charge in [-0.2, -0.15) is 10.2 Å². The SMILES string of the molecule is COc1ccc(/C=N\NC(=O)CC(=O)N/N=C\c2ccc(OC)c(OC)c2)cc1OC. The Morgan fingerprint density at radius 1 is 0.710 bits per heavy atom. The lowest BCUT2D eigenvalue weighted by molar-refractivity contribution is -0.129. The Morgan fingerprint density at radius 3 is 1.45 bits per heavy atom. The number of methoxy groups -OCH3 is 4. The van der Waals surface area contributed by atoms with Crippen LogP contribution in [0.15, 0.2) is 46.6 Å². The van der Waals surface area contributed by atoms with E-state index in [1.165, 1.54) is 40.9 Å². The van der Waals surface area contributed by atoms with E-state index in [0.717, 1.165) is 0 Å². The van der Waals surface area contributed by atoms with Crippen molar-refractivity contribution in [3.05, 3.63) is 47.5 Å². The van der Waals surface area contributed by atoms with E-state index in [0.29, 0.717) is 34.1 Å². The fraction of sp³-hybridized carbons (Fsp3) is 0.238. The molecule has 2 amide bonds. The molecule has 0 unspecified atom stereocenters. The lowest BCUT2D eigenvalue weighted by Gasteiger charge is -2.07. The number of carbonyl (C=O) groups is 2. The third-order valence-corrected chi connectivity index (χ3v) is 3.94. The number of ether oxygens (including phenoxy) is 4. The number of nitrogens with zero attached hydrogens (tertiary/aromatic N) is 2. The molecule has 31 heavy (non-hydrogen) atoms. The van der Waals surface area contributed by atoms with Gasteiger partial charge >= 0.3 is 0 Å². The van der Waals surface area contributed by atoms with Gasteiger partial charge in [0.2, 0.25) is 11.8 Å². The van der Waals surface area contributed by atoms with Crippen LogP contribution in [0.25, 0.3) is 0 Å². The van der Waals surface area contributed by atoms with Crippen molar-refractivity contribution in [3.8, 4) is 23.0 Å². The number of hydrazone groups is 2. The quantitative estimate of drug-likeness (QED) is 0.338.